The van der Waals surface area contributed by atoms with E-state index in [4.69, 9.17) is 0 Å². The van der Waals surface area contributed by atoms with Crippen molar-refractivity contribution in [3.8, 4) is 0 Å². The van der Waals surface area contributed by atoms with Crippen LogP contribution in [0.25, 0.3) is 0 Å². The summed E-state index contributed by atoms with van der Waals surface area (Å²) >= 11 is 0. The lowest BCUT2D eigenvalue weighted by molar-refractivity contribution is -0.160. The van der Waals surface area contributed by atoms with E-state index in [1.165, 1.54) is 24.3 Å². The first-order chi connectivity index (χ1) is 9.08. The van der Waals surface area contributed by atoms with Crippen LogP contribution in [0.15, 0.2) is 29.2 Å². The van der Waals surface area contributed by atoms with Gasteiger partial charge in [-0.1, -0.05) is 12.1 Å². The molecule has 20 heavy (non-hydrogen) atoms. The fourth-order valence-electron chi connectivity index (χ4n) is 1.23. The number of benzene rings is 1. The van der Waals surface area contributed by atoms with Crippen LogP contribution in [0, 0.1) is 0 Å². The van der Waals surface area contributed by atoms with Gasteiger partial charge in [-0.05, 0) is 17.7 Å². The van der Waals surface area contributed by atoms with E-state index in [2.05, 4.69) is 10.1 Å². The number of carbonyl (C=O) groups is 1. The Kier molecular flexibility index (Phi) is 4.98. The average Bonchev–Trinajstić information content (AvgIpc) is 2.32. The zero-order valence-electron chi connectivity index (χ0n) is 10.4. The molecule has 0 saturated heterocycles. The largest absolute Gasteiger partial charge is 0.440 e. The van der Waals surface area contributed by atoms with E-state index in [0.29, 0.717) is 5.56 Å². The molecule has 1 aromatic carbocycles. The van der Waals surface area contributed by atoms with Gasteiger partial charge in [0.25, 0.3) is 0 Å². The van der Waals surface area contributed by atoms with Crippen LogP contribution in [-0.4, -0.2) is 33.5 Å². The number of hydrogen-bond donors (Lipinski definition) is 1. The minimum atomic E-state index is -4.57. The predicted molar refractivity (Wildman–Crippen MR) is 63.8 cm³/mol. The summed E-state index contributed by atoms with van der Waals surface area (Å²) in [5, 5.41) is 2.12. The molecule has 0 aromatic heterocycles. The van der Waals surface area contributed by atoms with Crippen molar-refractivity contribution in [2.24, 2.45) is 0 Å². The van der Waals surface area contributed by atoms with E-state index in [1.54, 1.807) is 0 Å². The van der Waals surface area contributed by atoms with Crippen molar-refractivity contribution in [3.05, 3.63) is 29.8 Å². The quantitative estimate of drug-likeness (QED) is 0.921. The van der Waals surface area contributed by atoms with Crippen molar-refractivity contribution >= 4 is 15.9 Å². The van der Waals surface area contributed by atoms with Gasteiger partial charge in [-0.2, -0.15) is 13.2 Å². The molecule has 1 rings (SSSR count). The van der Waals surface area contributed by atoms with Crippen molar-refractivity contribution in [2.45, 2.75) is 17.6 Å². The zero-order chi connectivity index (χ0) is 15.4. The summed E-state index contributed by atoms with van der Waals surface area (Å²) in [7, 11) is -3.31. The Labute approximate surface area is 113 Å². The van der Waals surface area contributed by atoms with Crippen LogP contribution in [0.2, 0.25) is 0 Å². The van der Waals surface area contributed by atoms with E-state index >= 15 is 0 Å². The van der Waals surface area contributed by atoms with Crippen molar-refractivity contribution in [1.82, 2.24) is 5.32 Å². The molecule has 1 aromatic rings. The van der Waals surface area contributed by atoms with Crippen LogP contribution in [0.4, 0.5) is 18.0 Å². The molecule has 0 fully saturated rings. The number of alkyl halides is 3. The van der Waals surface area contributed by atoms with E-state index in [9.17, 15) is 26.4 Å². The molecular weight excluding hydrogens is 299 g/mol. The topological polar surface area (TPSA) is 72.5 Å². The van der Waals surface area contributed by atoms with Gasteiger partial charge in [0, 0.05) is 12.8 Å². The highest BCUT2D eigenvalue weighted by atomic mass is 32.2. The highest BCUT2D eigenvalue weighted by Gasteiger charge is 2.29. The van der Waals surface area contributed by atoms with E-state index in [0.717, 1.165) is 6.26 Å². The van der Waals surface area contributed by atoms with Crippen molar-refractivity contribution < 1.29 is 31.1 Å². The Bertz CT molecular complexity index is 566. The van der Waals surface area contributed by atoms with Gasteiger partial charge in [-0.3, -0.25) is 0 Å². The SMILES string of the molecule is CS(=O)(=O)c1ccc(CNC(=O)OCC(F)(F)F)cc1. The minimum absolute atomic E-state index is 0.0687. The minimum Gasteiger partial charge on any atom is -0.440 e. The van der Waals surface area contributed by atoms with Crippen LogP contribution >= 0.6 is 0 Å². The smallest absolute Gasteiger partial charge is 0.422 e. The third-order valence-electron chi connectivity index (χ3n) is 2.16. The molecule has 0 saturated carbocycles. The normalized spacial score (nSPS) is 12.0. The fraction of sp³-hybridized carbons (Fsp3) is 0.364. The third kappa shape index (κ3) is 5.91. The van der Waals surface area contributed by atoms with E-state index in [1.807, 2.05) is 0 Å². The predicted octanol–water partition coefficient (Wildman–Crippen LogP) is 1.88. The van der Waals surface area contributed by atoms with Crippen LogP contribution in [0.1, 0.15) is 5.56 Å². The van der Waals surface area contributed by atoms with Crippen LogP contribution in [0.5, 0.6) is 0 Å². The van der Waals surface area contributed by atoms with Gasteiger partial charge in [0.05, 0.1) is 4.90 Å². The maximum Gasteiger partial charge on any atom is 0.422 e. The number of ether oxygens (including phenoxy) is 1. The summed E-state index contributed by atoms with van der Waals surface area (Å²) in [6, 6.07) is 5.57. The Balaban J connectivity index is 2.48. The summed E-state index contributed by atoms with van der Waals surface area (Å²) in [4.78, 5) is 11.1. The molecule has 5 nitrogen and oxygen atoms in total. The summed E-state index contributed by atoms with van der Waals surface area (Å²) in [6.07, 6.45) is -4.72. The van der Waals surface area contributed by atoms with Gasteiger partial charge in [-0.25, -0.2) is 13.2 Å². The number of halogens is 3. The maximum atomic E-state index is 11.8. The van der Waals surface area contributed by atoms with Crippen molar-refractivity contribution in [1.29, 1.82) is 0 Å². The number of rotatable bonds is 4. The molecule has 0 spiro atoms. The molecule has 9 heteroatoms. The number of nitrogens with one attached hydrogen (secondary N) is 1. The second-order valence-corrected chi connectivity index (χ2v) is 5.98. The molecule has 0 aliphatic rings. The molecule has 0 atom stereocenters. The van der Waals surface area contributed by atoms with Gasteiger partial charge < -0.3 is 10.1 Å². The Morgan fingerprint density at radius 1 is 1.25 bits per heavy atom. The average molecular weight is 311 g/mol. The van der Waals surface area contributed by atoms with Gasteiger partial charge in [0.2, 0.25) is 0 Å². The second kappa shape index (κ2) is 6.12. The monoisotopic (exact) mass is 311 g/mol. The number of amides is 1. The number of carbonyl (C=O) groups excluding carboxylic acids is 1. The lowest BCUT2D eigenvalue weighted by Gasteiger charge is -2.09. The van der Waals surface area contributed by atoms with E-state index in [-0.39, 0.29) is 11.4 Å². The van der Waals surface area contributed by atoms with Gasteiger partial charge in [-0.15, -0.1) is 0 Å². The standard InChI is InChI=1S/C11H12F3NO4S/c1-20(17,18)9-4-2-8(3-5-9)6-15-10(16)19-7-11(12,13)14/h2-5H,6-7H2,1H3,(H,15,16). The maximum absolute atomic E-state index is 11.8. The molecule has 1 N–H and O–H groups in total. The first-order valence-electron chi connectivity index (χ1n) is 5.34. The molecule has 112 valence electrons. The number of alkyl carbamates (subject to hydrolysis) is 1. The molecular formula is C11H12F3NO4S. The fourth-order valence-corrected chi connectivity index (χ4v) is 1.86. The van der Waals surface area contributed by atoms with Crippen LogP contribution in [-0.2, 0) is 21.1 Å². The van der Waals surface area contributed by atoms with Gasteiger partial charge in [0.15, 0.2) is 16.4 Å². The third-order valence-corrected chi connectivity index (χ3v) is 3.28. The second-order valence-electron chi connectivity index (χ2n) is 3.96. The molecule has 0 bridgehead atoms. The first kappa shape index (κ1) is 16.3. The Hall–Kier alpha value is -1.77. The Morgan fingerprint density at radius 3 is 2.25 bits per heavy atom. The molecule has 0 aliphatic heterocycles. The molecule has 1 amide bonds. The van der Waals surface area contributed by atoms with Crippen LogP contribution < -0.4 is 5.32 Å². The number of hydrogen-bond acceptors (Lipinski definition) is 4. The van der Waals surface area contributed by atoms with E-state index < -0.39 is 28.7 Å². The molecule has 0 radical (unpaired) electrons. The summed E-state index contributed by atoms with van der Waals surface area (Å²) in [6.45, 7) is -1.73. The lowest BCUT2D eigenvalue weighted by Crippen LogP contribution is -2.28. The molecule has 0 aliphatic carbocycles. The lowest BCUT2D eigenvalue weighted by atomic mass is 10.2. The first-order valence-corrected chi connectivity index (χ1v) is 7.23. The summed E-state index contributed by atoms with van der Waals surface area (Å²) in [5.41, 5.74) is 0.529. The number of sulfone groups is 1. The Morgan fingerprint density at radius 2 is 1.80 bits per heavy atom. The highest BCUT2D eigenvalue weighted by molar-refractivity contribution is 7.90. The van der Waals surface area contributed by atoms with Gasteiger partial charge in [0.1, 0.15) is 0 Å². The highest BCUT2D eigenvalue weighted by Crippen LogP contribution is 2.14. The van der Waals surface area contributed by atoms with Crippen molar-refractivity contribution in [2.75, 3.05) is 12.9 Å². The zero-order valence-corrected chi connectivity index (χ0v) is 11.2. The summed E-state index contributed by atoms with van der Waals surface area (Å²) in [5.74, 6) is 0. The van der Waals surface area contributed by atoms with Crippen LogP contribution in [0.3, 0.4) is 0 Å². The van der Waals surface area contributed by atoms with Gasteiger partial charge >= 0.3 is 12.3 Å². The summed E-state index contributed by atoms with van der Waals surface area (Å²) < 4.78 is 61.6. The molecule has 0 heterocycles. The molecule has 0 unspecified atom stereocenters. The van der Waals surface area contributed by atoms with Crippen molar-refractivity contribution in [3.63, 3.8) is 0 Å².